The van der Waals surface area contributed by atoms with Crippen molar-refractivity contribution in [2.45, 2.75) is 104 Å². The number of hydrogen-bond acceptors (Lipinski definition) is 15. The topological polar surface area (TPSA) is 265 Å². The van der Waals surface area contributed by atoms with Gasteiger partial charge in [0.2, 0.25) is 0 Å². The van der Waals surface area contributed by atoms with Gasteiger partial charge < -0.3 is 33.2 Å². The van der Waals surface area contributed by atoms with E-state index in [9.17, 15) is 28.8 Å². The quantitative estimate of drug-likeness (QED) is 0.0253. The first-order valence-electron chi connectivity index (χ1n) is 17.1. The molecule has 0 aromatic carbocycles. The van der Waals surface area contributed by atoms with Crippen LogP contribution >= 0.6 is 15.9 Å². The molecule has 1 saturated heterocycles. The Morgan fingerprint density at radius 2 is 1.02 bits per heavy atom. The summed E-state index contributed by atoms with van der Waals surface area (Å²) in [6.07, 6.45) is 3.23. The summed E-state index contributed by atoms with van der Waals surface area (Å²) < 4.78 is 32.8. The maximum atomic E-state index is 12.4. The number of ether oxygens (including phenoxy) is 7. The molecule has 316 valence electrons. The number of alkyl halides is 1. The number of nitrogens with zero attached hydrogens (tertiary/aromatic N) is 6. The van der Waals surface area contributed by atoms with Gasteiger partial charge >= 0.3 is 23.9 Å². The standard InChI is InChI=1S/C15H25BrO6.C15H25N3O6.C4H8O.CH3N3/c1-13(2,9-22-10-17)7-14(3,11(18)20-5)8-15(4,16)12(19)21-6;1-13(2,9-24-10-19)7-14(3,11(20)22-5)8-15(4,17-18-16)12(21)23-6;1-2-4-5-3-1;1-3-4-2/h10H,7-9H2,1-6H3;10H,7-9H2,1-6H3;1-4H2;1H3. The van der Waals surface area contributed by atoms with Crippen molar-refractivity contribution in [2.75, 3.05) is 61.9 Å². The molecule has 0 saturated carbocycles. The highest BCUT2D eigenvalue weighted by Crippen LogP contribution is 2.44. The lowest BCUT2D eigenvalue weighted by Crippen LogP contribution is -2.45. The Bertz CT molecular complexity index is 1320. The van der Waals surface area contributed by atoms with E-state index in [4.69, 9.17) is 44.2 Å². The molecule has 0 radical (unpaired) electrons. The average Bonchev–Trinajstić information content (AvgIpc) is 3.72. The van der Waals surface area contributed by atoms with Gasteiger partial charge in [0, 0.05) is 40.9 Å². The van der Waals surface area contributed by atoms with Crippen LogP contribution in [0, 0.1) is 21.7 Å². The first-order chi connectivity index (χ1) is 25.4. The van der Waals surface area contributed by atoms with Crippen molar-refractivity contribution >= 4 is 52.8 Å². The van der Waals surface area contributed by atoms with Crippen molar-refractivity contribution in [1.82, 2.24) is 0 Å². The molecule has 0 N–H and O–H groups in total. The Morgan fingerprint density at radius 1 is 0.655 bits per heavy atom. The number of methoxy groups -OCH3 is 4. The molecule has 0 aliphatic carbocycles. The highest BCUT2D eigenvalue weighted by molar-refractivity contribution is 9.10. The maximum absolute atomic E-state index is 12.4. The van der Waals surface area contributed by atoms with Crippen molar-refractivity contribution in [3.05, 3.63) is 20.9 Å². The number of hydrogen-bond donors (Lipinski definition) is 0. The number of carbonyl (C=O) groups excluding carboxylic acids is 6. The van der Waals surface area contributed by atoms with Crippen LogP contribution in [0.25, 0.3) is 20.9 Å². The SMILES string of the molecule is C1CCOC1.CN=[N+]=[N-].COC(=O)C(C)(Br)CC(C)(CC(C)(C)COC=O)C(=O)OC.COC(=O)C(C)(CC(C)(C)COC=O)CC(C)(N=[N+]=[N-])C(=O)OC. The van der Waals surface area contributed by atoms with Gasteiger partial charge in [0.15, 0.2) is 0 Å². The summed E-state index contributed by atoms with van der Waals surface area (Å²) in [5.41, 5.74) is 11.4. The Hall–Kier alpha value is -4.12. The van der Waals surface area contributed by atoms with E-state index in [0.717, 1.165) is 13.2 Å². The normalized spacial score (nSPS) is 16.2. The molecule has 0 aromatic heterocycles. The Balaban J connectivity index is -0.000000799. The summed E-state index contributed by atoms with van der Waals surface area (Å²) >= 11 is 3.33. The largest absolute Gasteiger partial charge is 0.469 e. The molecular formula is C35H61BrN6O13. The van der Waals surface area contributed by atoms with Crippen molar-refractivity contribution in [3.8, 4) is 0 Å². The van der Waals surface area contributed by atoms with E-state index >= 15 is 0 Å². The van der Waals surface area contributed by atoms with Gasteiger partial charge in [0.05, 0.1) is 52.5 Å². The molecular weight excluding hydrogens is 792 g/mol. The van der Waals surface area contributed by atoms with Crippen LogP contribution in [-0.2, 0) is 61.9 Å². The molecule has 19 nitrogen and oxygen atoms in total. The van der Waals surface area contributed by atoms with Crippen molar-refractivity contribution in [3.63, 3.8) is 0 Å². The molecule has 0 spiro atoms. The Morgan fingerprint density at radius 3 is 1.29 bits per heavy atom. The summed E-state index contributed by atoms with van der Waals surface area (Å²) in [6.45, 7) is 16.7. The fourth-order valence-corrected chi connectivity index (χ4v) is 7.18. The third-order valence-electron chi connectivity index (χ3n) is 8.05. The minimum absolute atomic E-state index is 0.0829. The van der Waals surface area contributed by atoms with Gasteiger partial charge in [0.25, 0.3) is 12.9 Å². The first kappa shape index (κ1) is 55.2. The van der Waals surface area contributed by atoms with Crippen LogP contribution in [0.4, 0.5) is 0 Å². The van der Waals surface area contributed by atoms with Crippen LogP contribution in [0.15, 0.2) is 10.2 Å². The van der Waals surface area contributed by atoms with Crippen LogP contribution in [0.5, 0.6) is 0 Å². The Labute approximate surface area is 332 Å². The van der Waals surface area contributed by atoms with Gasteiger partial charge in [-0.2, -0.15) is 0 Å². The molecule has 4 atom stereocenters. The first-order valence-corrected chi connectivity index (χ1v) is 17.9. The smallest absolute Gasteiger partial charge is 0.322 e. The number of halogens is 1. The molecule has 0 amide bonds. The van der Waals surface area contributed by atoms with E-state index in [-0.39, 0.29) is 32.5 Å². The minimum Gasteiger partial charge on any atom is -0.469 e. The number of azide groups is 2. The third kappa shape index (κ3) is 22.1. The summed E-state index contributed by atoms with van der Waals surface area (Å²) in [7, 11) is 6.39. The molecule has 1 fully saturated rings. The van der Waals surface area contributed by atoms with Crippen LogP contribution in [-0.4, -0.2) is 109 Å². The van der Waals surface area contributed by atoms with Gasteiger partial charge in [-0.1, -0.05) is 53.9 Å². The monoisotopic (exact) mass is 852 g/mol. The van der Waals surface area contributed by atoms with Gasteiger partial charge in [0.1, 0.15) is 9.86 Å². The second-order valence-electron chi connectivity index (χ2n) is 15.2. The third-order valence-corrected chi connectivity index (χ3v) is 8.66. The highest BCUT2D eigenvalue weighted by atomic mass is 79.9. The molecule has 1 aliphatic rings. The molecule has 1 rings (SSSR count). The van der Waals surface area contributed by atoms with Gasteiger partial charge in [-0.15, -0.1) is 0 Å². The molecule has 55 heavy (non-hydrogen) atoms. The van der Waals surface area contributed by atoms with Crippen LogP contribution in [0.3, 0.4) is 0 Å². The number of carbonyl (C=O) groups is 6. The van der Waals surface area contributed by atoms with E-state index in [1.807, 2.05) is 13.8 Å². The fourth-order valence-electron chi connectivity index (χ4n) is 6.39. The van der Waals surface area contributed by atoms with E-state index in [0.29, 0.717) is 19.4 Å². The maximum Gasteiger partial charge on any atom is 0.322 e. The molecule has 20 heteroatoms. The lowest BCUT2D eigenvalue weighted by molar-refractivity contribution is -0.159. The van der Waals surface area contributed by atoms with Gasteiger partial charge in [-0.05, 0) is 77.3 Å². The zero-order chi connectivity index (χ0) is 43.6. The molecule has 1 heterocycles. The molecule has 1 aliphatic heterocycles. The fraction of sp³-hybridized carbons (Fsp3) is 0.829. The molecule has 4 unspecified atom stereocenters. The summed E-state index contributed by atoms with van der Waals surface area (Å²) in [5.74, 6) is -2.21. The zero-order valence-electron chi connectivity index (χ0n) is 34.6. The van der Waals surface area contributed by atoms with E-state index < -0.39 is 55.4 Å². The van der Waals surface area contributed by atoms with Gasteiger partial charge in [-0.3, -0.25) is 28.8 Å². The van der Waals surface area contributed by atoms with Crippen LogP contribution < -0.4 is 0 Å². The van der Waals surface area contributed by atoms with Crippen LogP contribution in [0.1, 0.15) is 93.9 Å². The zero-order valence-corrected chi connectivity index (χ0v) is 36.2. The lowest BCUT2D eigenvalue weighted by Gasteiger charge is -2.38. The van der Waals surface area contributed by atoms with E-state index in [1.165, 1.54) is 55.3 Å². The minimum atomic E-state index is -1.58. The number of rotatable bonds is 19. The molecule has 0 bridgehead atoms. The predicted molar refractivity (Wildman–Crippen MR) is 204 cm³/mol. The summed E-state index contributed by atoms with van der Waals surface area (Å²) in [5, 5.41) is 6.45. The lowest BCUT2D eigenvalue weighted by atomic mass is 9.68. The predicted octanol–water partition coefficient (Wildman–Crippen LogP) is 6.58. The summed E-state index contributed by atoms with van der Waals surface area (Å²) in [6, 6.07) is 0. The number of esters is 4. The molecule has 0 aromatic rings. The Kier molecular flexibility index (Phi) is 26.8. The van der Waals surface area contributed by atoms with E-state index in [2.05, 4.69) is 36.0 Å². The van der Waals surface area contributed by atoms with E-state index in [1.54, 1.807) is 34.6 Å². The average molecular weight is 854 g/mol. The van der Waals surface area contributed by atoms with Crippen molar-refractivity contribution < 1.29 is 61.9 Å². The van der Waals surface area contributed by atoms with Crippen LogP contribution in [0.2, 0.25) is 0 Å². The second kappa shape index (κ2) is 26.6. The van der Waals surface area contributed by atoms with Gasteiger partial charge in [-0.25, -0.2) is 0 Å². The highest BCUT2D eigenvalue weighted by Gasteiger charge is 2.49. The second-order valence-corrected chi connectivity index (χ2v) is 17.0. The van der Waals surface area contributed by atoms with Crippen molar-refractivity contribution in [1.29, 1.82) is 0 Å². The van der Waals surface area contributed by atoms with Crippen molar-refractivity contribution in [2.24, 2.45) is 31.9 Å². The summed E-state index contributed by atoms with van der Waals surface area (Å²) in [4.78, 5) is 74.4.